The molecule has 1 aromatic heterocycles. The van der Waals surface area contributed by atoms with Gasteiger partial charge in [0, 0.05) is 33.4 Å². The molecule has 0 amide bonds. The van der Waals surface area contributed by atoms with E-state index in [9.17, 15) is 5.26 Å². The summed E-state index contributed by atoms with van der Waals surface area (Å²) in [7, 11) is 0. The van der Waals surface area contributed by atoms with Gasteiger partial charge < -0.3 is 14.8 Å². The molecule has 5 nitrogen and oxygen atoms in total. The van der Waals surface area contributed by atoms with E-state index in [2.05, 4.69) is 32.3 Å². The van der Waals surface area contributed by atoms with Crippen LogP contribution in [0.3, 0.4) is 0 Å². The number of aromatic nitrogens is 1. The smallest absolute Gasteiger partial charge is 0.231 e. The number of anilines is 1. The molecule has 3 aromatic rings. The van der Waals surface area contributed by atoms with Crippen LogP contribution in [0.25, 0.3) is 16.8 Å². The molecule has 0 bridgehead atoms. The maximum Gasteiger partial charge on any atom is 0.231 e. The van der Waals surface area contributed by atoms with Crippen LogP contribution in [-0.2, 0) is 0 Å². The Balaban J connectivity index is 1.55. The Kier molecular flexibility index (Phi) is 4.61. The lowest BCUT2D eigenvalue weighted by Gasteiger charge is -2.03. The first-order valence-electron chi connectivity index (χ1n) is 7.71. The summed E-state index contributed by atoms with van der Waals surface area (Å²) < 4.78 is 11.7. The maximum atomic E-state index is 9.49. The van der Waals surface area contributed by atoms with Gasteiger partial charge in [-0.25, -0.2) is 4.98 Å². The van der Waals surface area contributed by atoms with E-state index in [1.807, 2.05) is 47.8 Å². The first-order chi connectivity index (χ1) is 12.7. The molecule has 7 heteroatoms. The van der Waals surface area contributed by atoms with Crippen molar-refractivity contribution in [3.05, 3.63) is 63.5 Å². The van der Waals surface area contributed by atoms with Gasteiger partial charge in [0.15, 0.2) is 11.5 Å². The highest BCUT2D eigenvalue weighted by Crippen LogP contribution is 2.34. The van der Waals surface area contributed by atoms with E-state index in [0.29, 0.717) is 16.3 Å². The molecule has 1 aliphatic heterocycles. The van der Waals surface area contributed by atoms with E-state index < -0.39 is 0 Å². The normalized spacial score (nSPS) is 12.7. The van der Waals surface area contributed by atoms with Crippen molar-refractivity contribution in [1.29, 1.82) is 5.26 Å². The monoisotopic (exact) mass is 425 g/mol. The third kappa shape index (κ3) is 3.43. The van der Waals surface area contributed by atoms with Gasteiger partial charge in [-0.1, -0.05) is 28.1 Å². The Morgan fingerprint density at radius 3 is 2.81 bits per heavy atom. The molecule has 0 aliphatic carbocycles. The second kappa shape index (κ2) is 7.20. The number of allylic oxidation sites excluding steroid dienone is 1. The number of halogens is 1. The number of hydrogen-bond donors (Lipinski definition) is 1. The zero-order valence-electron chi connectivity index (χ0n) is 13.4. The lowest BCUT2D eigenvalue weighted by atomic mass is 10.2. The van der Waals surface area contributed by atoms with Gasteiger partial charge in [-0.15, -0.1) is 11.3 Å². The molecule has 0 saturated heterocycles. The molecule has 0 fully saturated rings. The molecule has 0 saturated carbocycles. The third-order valence-electron chi connectivity index (χ3n) is 3.75. The summed E-state index contributed by atoms with van der Waals surface area (Å²) in [5.74, 6) is 1.41. The molecular weight excluding hydrogens is 414 g/mol. The predicted molar refractivity (Wildman–Crippen MR) is 105 cm³/mol. The molecule has 1 aliphatic rings. The van der Waals surface area contributed by atoms with E-state index in [0.717, 1.165) is 27.2 Å². The summed E-state index contributed by atoms with van der Waals surface area (Å²) in [5, 5.41) is 15.2. The van der Waals surface area contributed by atoms with Crippen LogP contribution < -0.4 is 14.8 Å². The van der Waals surface area contributed by atoms with Crippen LogP contribution in [0.2, 0.25) is 0 Å². The van der Waals surface area contributed by atoms with Crippen LogP contribution in [0, 0.1) is 11.3 Å². The molecule has 2 aromatic carbocycles. The second-order valence-electron chi connectivity index (χ2n) is 5.43. The summed E-state index contributed by atoms with van der Waals surface area (Å²) >= 11 is 4.86. The Morgan fingerprint density at radius 2 is 2.00 bits per heavy atom. The summed E-state index contributed by atoms with van der Waals surface area (Å²) in [6, 6.07) is 15.7. The number of ether oxygens (including phenoxy) is 2. The Morgan fingerprint density at radius 1 is 1.19 bits per heavy atom. The van der Waals surface area contributed by atoms with Crippen LogP contribution in [0.4, 0.5) is 5.69 Å². The average Bonchev–Trinajstić information content (AvgIpc) is 3.32. The fraction of sp³-hybridized carbons (Fsp3) is 0.0526. The van der Waals surface area contributed by atoms with Crippen LogP contribution >= 0.6 is 27.3 Å². The largest absolute Gasteiger partial charge is 0.454 e. The zero-order valence-corrected chi connectivity index (χ0v) is 15.8. The van der Waals surface area contributed by atoms with Crippen molar-refractivity contribution in [3.63, 3.8) is 0 Å². The Hall–Kier alpha value is -2.82. The fourth-order valence-corrected chi connectivity index (χ4v) is 3.49. The Labute approximate surface area is 162 Å². The topological polar surface area (TPSA) is 67.2 Å². The van der Waals surface area contributed by atoms with Gasteiger partial charge in [-0.3, -0.25) is 0 Å². The molecular formula is C19H12BrN3O2S. The molecule has 1 N–H and O–H groups in total. The van der Waals surface area contributed by atoms with Gasteiger partial charge in [0.25, 0.3) is 0 Å². The standard InChI is InChI=1S/C19H12BrN3O2S/c20-14-3-1-12(2-4-14)16-10-26-19(23-16)13(8-21)9-22-15-5-6-17-18(7-15)25-11-24-17/h1-7,9-10,22H,11H2/b13-9+. The van der Waals surface area contributed by atoms with Gasteiger partial charge >= 0.3 is 0 Å². The molecule has 0 radical (unpaired) electrons. The number of benzene rings is 2. The summed E-state index contributed by atoms with van der Waals surface area (Å²) in [5.41, 5.74) is 3.14. The van der Waals surface area contributed by atoms with Crippen LogP contribution in [0.15, 0.2) is 58.5 Å². The minimum absolute atomic E-state index is 0.232. The minimum Gasteiger partial charge on any atom is -0.454 e. The van der Waals surface area contributed by atoms with E-state index in [-0.39, 0.29) is 6.79 Å². The number of fused-ring (bicyclic) bond motifs is 1. The minimum atomic E-state index is 0.232. The fourth-order valence-electron chi connectivity index (χ4n) is 2.43. The van der Waals surface area contributed by atoms with Crippen molar-refractivity contribution in [2.24, 2.45) is 0 Å². The van der Waals surface area contributed by atoms with Crippen LogP contribution in [0.1, 0.15) is 5.01 Å². The highest BCUT2D eigenvalue weighted by atomic mass is 79.9. The van der Waals surface area contributed by atoms with Gasteiger partial charge in [-0.05, 0) is 24.3 Å². The van der Waals surface area contributed by atoms with Crippen molar-refractivity contribution in [2.75, 3.05) is 12.1 Å². The van der Waals surface area contributed by atoms with Crippen molar-refractivity contribution in [3.8, 4) is 28.8 Å². The van der Waals surface area contributed by atoms with E-state index in [1.165, 1.54) is 11.3 Å². The number of nitriles is 1. The molecule has 0 spiro atoms. The highest BCUT2D eigenvalue weighted by molar-refractivity contribution is 9.10. The van der Waals surface area contributed by atoms with Crippen molar-refractivity contribution in [1.82, 2.24) is 4.98 Å². The van der Waals surface area contributed by atoms with Crippen molar-refractivity contribution < 1.29 is 9.47 Å². The molecule has 128 valence electrons. The van der Waals surface area contributed by atoms with Crippen LogP contribution in [-0.4, -0.2) is 11.8 Å². The Bertz CT molecular complexity index is 1020. The molecule has 2 heterocycles. The number of nitrogens with one attached hydrogen (secondary N) is 1. The zero-order chi connectivity index (χ0) is 17.9. The lowest BCUT2D eigenvalue weighted by Crippen LogP contribution is -1.93. The van der Waals surface area contributed by atoms with Gasteiger partial charge in [0.05, 0.1) is 5.69 Å². The first-order valence-corrected chi connectivity index (χ1v) is 9.38. The number of thiazole rings is 1. The SMILES string of the molecule is N#C/C(=C\Nc1ccc2c(c1)OCO2)c1nc(-c2ccc(Br)cc2)cs1. The van der Waals surface area contributed by atoms with Crippen molar-refractivity contribution in [2.45, 2.75) is 0 Å². The van der Waals surface area contributed by atoms with Gasteiger partial charge in [0.1, 0.15) is 16.6 Å². The summed E-state index contributed by atoms with van der Waals surface area (Å²) in [4.78, 5) is 4.58. The maximum absolute atomic E-state index is 9.49. The van der Waals surface area contributed by atoms with Gasteiger partial charge in [-0.2, -0.15) is 5.26 Å². The predicted octanol–water partition coefficient (Wildman–Crippen LogP) is 5.28. The molecule has 26 heavy (non-hydrogen) atoms. The second-order valence-corrected chi connectivity index (χ2v) is 7.20. The highest BCUT2D eigenvalue weighted by Gasteiger charge is 2.13. The number of hydrogen-bond acceptors (Lipinski definition) is 6. The van der Waals surface area contributed by atoms with Crippen molar-refractivity contribution >= 4 is 38.5 Å². The molecule has 0 unspecified atom stereocenters. The number of nitrogens with zero attached hydrogens (tertiary/aromatic N) is 2. The van der Waals surface area contributed by atoms with E-state index in [1.54, 1.807) is 6.20 Å². The molecule has 4 rings (SSSR count). The van der Waals surface area contributed by atoms with Crippen LogP contribution in [0.5, 0.6) is 11.5 Å². The molecule has 0 atom stereocenters. The lowest BCUT2D eigenvalue weighted by molar-refractivity contribution is 0.174. The summed E-state index contributed by atoms with van der Waals surface area (Å²) in [6.07, 6.45) is 1.65. The number of rotatable bonds is 4. The van der Waals surface area contributed by atoms with E-state index >= 15 is 0 Å². The van der Waals surface area contributed by atoms with Gasteiger partial charge in [0.2, 0.25) is 6.79 Å². The van der Waals surface area contributed by atoms with E-state index in [4.69, 9.17) is 9.47 Å². The quantitative estimate of drug-likeness (QED) is 0.576. The first kappa shape index (κ1) is 16.6. The summed E-state index contributed by atoms with van der Waals surface area (Å²) in [6.45, 7) is 0.232. The average molecular weight is 426 g/mol. The third-order valence-corrected chi connectivity index (χ3v) is 5.16.